The van der Waals surface area contributed by atoms with Gasteiger partial charge in [0.25, 0.3) is 5.91 Å². The van der Waals surface area contributed by atoms with E-state index in [1.807, 2.05) is 39.0 Å². The lowest BCUT2D eigenvalue weighted by Crippen LogP contribution is -2.24. The Morgan fingerprint density at radius 1 is 1.00 bits per heavy atom. The van der Waals surface area contributed by atoms with Crippen molar-refractivity contribution >= 4 is 33.7 Å². The molecule has 3 aromatic rings. The molecule has 0 spiro atoms. The molecule has 0 unspecified atom stereocenters. The van der Waals surface area contributed by atoms with Crippen LogP contribution in [0.3, 0.4) is 0 Å². The number of ether oxygens (including phenoxy) is 1. The van der Waals surface area contributed by atoms with Crippen LogP contribution in [-0.4, -0.2) is 26.9 Å². The van der Waals surface area contributed by atoms with Gasteiger partial charge in [-0.25, -0.2) is 17.9 Å². The van der Waals surface area contributed by atoms with Gasteiger partial charge in [-0.1, -0.05) is 23.8 Å². The maximum absolute atomic E-state index is 13.6. The van der Waals surface area contributed by atoms with Crippen molar-refractivity contribution in [3.8, 4) is 0 Å². The molecule has 8 nitrogen and oxygen atoms in total. The molecule has 1 aromatic heterocycles. The number of anilines is 1. The van der Waals surface area contributed by atoms with Gasteiger partial charge in [0.2, 0.25) is 10.0 Å². The largest absolute Gasteiger partial charge is 0.462 e. The van der Waals surface area contributed by atoms with E-state index in [1.165, 1.54) is 23.1 Å². The number of allylic oxidation sites excluding steroid dienone is 1. The average molecular weight is 535 g/mol. The Morgan fingerprint density at radius 3 is 2.37 bits per heavy atom. The molecule has 2 aromatic carbocycles. The van der Waals surface area contributed by atoms with E-state index in [1.54, 1.807) is 38.1 Å². The monoisotopic (exact) mass is 534 g/mol. The number of esters is 1. The Labute approximate surface area is 222 Å². The highest BCUT2D eigenvalue weighted by Gasteiger charge is 2.38. The molecule has 2 heterocycles. The van der Waals surface area contributed by atoms with Crippen molar-refractivity contribution in [2.75, 3.05) is 11.5 Å². The van der Waals surface area contributed by atoms with Gasteiger partial charge in [-0.05, 0) is 88.2 Å². The first-order valence-corrected chi connectivity index (χ1v) is 13.7. The zero-order valence-corrected chi connectivity index (χ0v) is 22.8. The van der Waals surface area contributed by atoms with Gasteiger partial charge in [0.1, 0.15) is 11.5 Å². The smallest absolute Gasteiger partial charge is 0.340 e. The third-order valence-electron chi connectivity index (χ3n) is 6.37. The average Bonchev–Trinajstić information content (AvgIpc) is 3.42. The first-order chi connectivity index (χ1) is 18.0. The maximum Gasteiger partial charge on any atom is 0.340 e. The summed E-state index contributed by atoms with van der Waals surface area (Å²) in [6, 6.07) is 15.4. The second kappa shape index (κ2) is 10.8. The Morgan fingerprint density at radius 2 is 1.71 bits per heavy atom. The van der Waals surface area contributed by atoms with Gasteiger partial charge in [-0.3, -0.25) is 9.69 Å². The fourth-order valence-electron chi connectivity index (χ4n) is 4.13. The van der Waals surface area contributed by atoms with Crippen LogP contribution in [0.4, 0.5) is 5.69 Å². The van der Waals surface area contributed by atoms with Crippen molar-refractivity contribution in [1.29, 1.82) is 0 Å². The van der Waals surface area contributed by atoms with Gasteiger partial charge in [0.15, 0.2) is 0 Å². The van der Waals surface area contributed by atoms with E-state index in [-0.39, 0.29) is 35.1 Å². The summed E-state index contributed by atoms with van der Waals surface area (Å²) in [5.74, 6) is -0.336. The predicted octanol–water partition coefficient (Wildman–Crippen LogP) is 4.95. The number of nitrogens with zero attached hydrogens (tertiary/aromatic N) is 1. The van der Waals surface area contributed by atoms with Crippen LogP contribution in [0.1, 0.15) is 42.1 Å². The minimum atomic E-state index is -3.73. The lowest BCUT2D eigenvalue weighted by molar-refractivity contribution is -0.138. The number of nitrogens with one attached hydrogen (secondary N) is 1. The standard InChI is InChI=1S/C29H30N2O6S/c1-6-36-29(33)27-21(5)31(22-10-9-19(3)20(4)15-22)28(32)26(27)16-23-11-12-24(37-23)17-30-38(34,35)25-13-7-18(2)8-14-25/h7-16,30H,6,17H2,1-5H3/b26-16+. The molecular formula is C29H30N2O6S. The number of benzene rings is 2. The normalized spacial score (nSPS) is 15.0. The van der Waals surface area contributed by atoms with Crippen LogP contribution in [0.25, 0.3) is 6.08 Å². The van der Waals surface area contributed by atoms with E-state index in [0.717, 1.165) is 16.7 Å². The molecule has 0 bridgehead atoms. The molecule has 0 aliphatic carbocycles. The van der Waals surface area contributed by atoms with E-state index in [9.17, 15) is 18.0 Å². The van der Waals surface area contributed by atoms with E-state index in [4.69, 9.17) is 9.15 Å². The summed E-state index contributed by atoms with van der Waals surface area (Å²) in [6.07, 6.45) is 1.48. The van der Waals surface area contributed by atoms with Crippen molar-refractivity contribution in [3.63, 3.8) is 0 Å². The van der Waals surface area contributed by atoms with E-state index < -0.39 is 16.0 Å². The van der Waals surface area contributed by atoms with Gasteiger partial charge < -0.3 is 9.15 Å². The lowest BCUT2D eigenvalue weighted by Gasteiger charge is -2.19. The third-order valence-corrected chi connectivity index (χ3v) is 7.78. The number of carbonyl (C=O) groups is 2. The highest BCUT2D eigenvalue weighted by molar-refractivity contribution is 7.89. The van der Waals surface area contributed by atoms with Crippen molar-refractivity contribution < 1.29 is 27.2 Å². The second-order valence-corrected chi connectivity index (χ2v) is 10.9. The summed E-state index contributed by atoms with van der Waals surface area (Å²) in [4.78, 5) is 28.1. The topological polar surface area (TPSA) is 106 Å². The summed E-state index contributed by atoms with van der Waals surface area (Å²) in [6.45, 7) is 9.30. The number of hydrogen-bond acceptors (Lipinski definition) is 6. The Kier molecular flexibility index (Phi) is 7.71. The highest BCUT2D eigenvalue weighted by Crippen LogP contribution is 2.36. The summed E-state index contributed by atoms with van der Waals surface area (Å²) >= 11 is 0. The molecule has 198 valence electrons. The molecule has 1 aliphatic heterocycles. The van der Waals surface area contributed by atoms with Gasteiger partial charge >= 0.3 is 5.97 Å². The van der Waals surface area contributed by atoms with Crippen LogP contribution >= 0.6 is 0 Å². The zero-order chi connectivity index (χ0) is 27.6. The molecular weight excluding hydrogens is 504 g/mol. The molecule has 38 heavy (non-hydrogen) atoms. The second-order valence-electron chi connectivity index (χ2n) is 9.09. The van der Waals surface area contributed by atoms with Crippen LogP contribution in [0.2, 0.25) is 0 Å². The first kappa shape index (κ1) is 27.1. The highest BCUT2D eigenvalue weighted by atomic mass is 32.2. The molecule has 1 amide bonds. The SMILES string of the molecule is CCOC(=O)C1=C(C)N(c2ccc(C)c(C)c2)C(=O)/C1=C/c1ccc(CNS(=O)(=O)c2ccc(C)cc2)o1. The lowest BCUT2D eigenvalue weighted by atomic mass is 10.1. The fourth-order valence-corrected chi connectivity index (χ4v) is 5.13. The molecule has 0 radical (unpaired) electrons. The molecule has 4 rings (SSSR count). The Bertz CT molecular complexity index is 1560. The number of carbonyl (C=O) groups excluding carboxylic acids is 2. The minimum absolute atomic E-state index is 0.0816. The van der Waals surface area contributed by atoms with E-state index >= 15 is 0 Å². The summed E-state index contributed by atoms with van der Waals surface area (Å²) in [5, 5.41) is 0. The van der Waals surface area contributed by atoms with Crippen LogP contribution in [0.5, 0.6) is 0 Å². The van der Waals surface area contributed by atoms with Crippen LogP contribution < -0.4 is 9.62 Å². The molecule has 0 saturated carbocycles. The van der Waals surface area contributed by atoms with Crippen molar-refractivity contribution in [2.24, 2.45) is 0 Å². The fraction of sp³-hybridized carbons (Fsp3) is 0.241. The number of amides is 1. The van der Waals surface area contributed by atoms with Crippen LogP contribution in [-0.2, 0) is 30.9 Å². The molecule has 1 aliphatic rings. The van der Waals surface area contributed by atoms with E-state index in [2.05, 4.69) is 4.72 Å². The van der Waals surface area contributed by atoms with Gasteiger partial charge in [-0.15, -0.1) is 0 Å². The summed E-state index contributed by atoms with van der Waals surface area (Å²) < 4.78 is 38.8. The molecule has 0 fully saturated rings. The number of aryl methyl sites for hydroxylation is 3. The van der Waals surface area contributed by atoms with Gasteiger partial charge in [0, 0.05) is 11.4 Å². The van der Waals surface area contributed by atoms with E-state index in [0.29, 0.717) is 22.9 Å². The minimum Gasteiger partial charge on any atom is -0.462 e. The Hall–Kier alpha value is -3.95. The molecule has 1 N–H and O–H groups in total. The Balaban J connectivity index is 1.62. The zero-order valence-electron chi connectivity index (χ0n) is 22.0. The number of rotatable bonds is 8. The van der Waals surface area contributed by atoms with Crippen LogP contribution in [0, 0.1) is 20.8 Å². The number of sulfonamides is 1. The number of furan rings is 1. The molecule has 9 heteroatoms. The van der Waals surface area contributed by atoms with Gasteiger partial charge in [-0.2, -0.15) is 0 Å². The van der Waals surface area contributed by atoms with Gasteiger partial charge in [0.05, 0.1) is 29.2 Å². The van der Waals surface area contributed by atoms with Crippen molar-refractivity contribution in [1.82, 2.24) is 4.72 Å². The van der Waals surface area contributed by atoms with Crippen molar-refractivity contribution in [2.45, 2.75) is 46.1 Å². The third kappa shape index (κ3) is 5.49. The predicted molar refractivity (Wildman–Crippen MR) is 145 cm³/mol. The molecule has 0 saturated heterocycles. The summed E-state index contributed by atoms with van der Waals surface area (Å²) in [7, 11) is -3.73. The van der Waals surface area contributed by atoms with Crippen LogP contribution in [0.15, 0.2) is 80.8 Å². The maximum atomic E-state index is 13.6. The summed E-state index contributed by atoms with van der Waals surface area (Å²) in [5.41, 5.74) is 4.46. The number of hydrogen-bond donors (Lipinski definition) is 1. The first-order valence-electron chi connectivity index (χ1n) is 12.2. The molecule has 0 atom stereocenters. The quantitative estimate of drug-likeness (QED) is 0.324. The van der Waals surface area contributed by atoms with Crippen molar-refractivity contribution in [3.05, 3.63) is 99.7 Å².